The molecular weight excluding hydrogens is 244 g/mol. The summed E-state index contributed by atoms with van der Waals surface area (Å²) in [6.07, 6.45) is 0. The van der Waals surface area contributed by atoms with E-state index < -0.39 is 11.6 Å². The molecule has 66 valence electrons. The monoisotopic (exact) mass is 250 g/mol. The lowest BCUT2D eigenvalue weighted by molar-refractivity contribution is -0.157. The number of aliphatic hydroxyl groups is 1. The lowest BCUT2D eigenvalue weighted by Gasteiger charge is -2.14. The van der Waals surface area contributed by atoms with Gasteiger partial charge in [-0.2, -0.15) is 0 Å². The summed E-state index contributed by atoms with van der Waals surface area (Å²) >= 11 is 4.40. The molecule has 1 aromatic rings. The Morgan fingerprint density at radius 3 is 2.58 bits per heavy atom. The number of thiophene rings is 1. The van der Waals surface area contributed by atoms with Crippen molar-refractivity contribution in [3.8, 4) is 0 Å². The van der Waals surface area contributed by atoms with Crippen molar-refractivity contribution in [3.05, 3.63) is 20.8 Å². The molecule has 5 heteroatoms. The Hall–Kier alpha value is -0.390. The van der Waals surface area contributed by atoms with Crippen LogP contribution >= 0.6 is 27.3 Å². The van der Waals surface area contributed by atoms with E-state index in [2.05, 4.69) is 15.9 Å². The molecule has 0 aromatic carbocycles. The van der Waals surface area contributed by atoms with E-state index in [4.69, 9.17) is 5.11 Å². The van der Waals surface area contributed by atoms with Crippen molar-refractivity contribution in [2.24, 2.45) is 0 Å². The van der Waals surface area contributed by atoms with E-state index >= 15 is 0 Å². The summed E-state index contributed by atoms with van der Waals surface area (Å²) in [6, 6.07) is 3.29. The van der Waals surface area contributed by atoms with Gasteiger partial charge in [-0.15, -0.1) is 11.3 Å². The van der Waals surface area contributed by atoms with Crippen LogP contribution in [0.5, 0.6) is 0 Å². The second-order valence-electron chi connectivity index (χ2n) is 2.48. The normalized spacial score (nSPS) is 15.6. The summed E-state index contributed by atoms with van der Waals surface area (Å²) in [6.45, 7) is 1.26. The van der Waals surface area contributed by atoms with E-state index in [-0.39, 0.29) is 0 Å². The maximum Gasteiger partial charge on any atom is 0.340 e. The minimum Gasteiger partial charge on any atom is -0.479 e. The molecule has 12 heavy (non-hydrogen) atoms. The summed E-state index contributed by atoms with van der Waals surface area (Å²) in [5.74, 6) is -1.24. The largest absolute Gasteiger partial charge is 0.479 e. The maximum atomic E-state index is 10.6. The molecular formula is C7H7BrO3S. The van der Waals surface area contributed by atoms with E-state index in [1.54, 1.807) is 12.1 Å². The topological polar surface area (TPSA) is 57.5 Å². The van der Waals surface area contributed by atoms with Crippen LogP contribution in [0.15, 0.2) is 15.9 Å². The first-order valence-corrected chi connectivity index (χ1v) is 4.77. The first kappa shape index (κ1) is 9.70. The van der Waals surface area contributed by atoms with Crippen molar-refractivity contribution < 1.29 is 15.0 Å². The van der Waals surface area contributed by atoms with Gasteiger partial charge in [-0.05, 0) is 35.0 Å². The molecule has 0 aliphatic heterocycles. The second kappa shape index (κ2) is 3.16. The van der Waals surface area contributed by atoms with Crippen LogP contribution in [0.3, 0.4) is 0 Å². The molecule has 1 atom stereocenters. The highest BCUT2D eigenvalue weighted by atomic mass is 79.9. The van der Waals surface area contributed by atoms with Crippen LogP contribution in [0.4, 0.5) is 0 Å². The Labute approximate surface area is 81.8 Å². The van der Waals surface area contributed by atoms with Gasteiger partial charge >= 0.3 is 5.97 Å². The molecule has 0 saturated carbocycles. The van der Waals surface area contributed by atoms with Gasteiger partial charge in [-0.25, -0.2) is 4.79 Å². The number of carbonyl (C=O) groups is 1. The maximum absolute atomic E-state index is 10.6. The number of hydrogen-bond acceptors (Lipinski definition) is 3. The van der Waals surface area contributed by atoms with Gasteiger partial charge in [0.1, 0.15) is 0 Å². The van der Waals surface area contributed by atoms with E-state index in [9.17, 15) is 9.90 Å². The molecule has 0 aliphatic rings. The molecule has 0 fully saturated rings. The first-order chi connectivity index (χ1) is 5.44. The van der Waals surface area contributed by atoms with Crippen molar-refractivity contribution in [2.75, 3.05) is 0 Å². The summed E-state index contributed by atoms with van der Waals surface area (Å²) in [4.78, 5) is 11.0. The Kier molecular flexibility index (Phi) is 2.55. The Bertz CT molecular complexity index is 305. The van der Waals surface area contributed by atoms with E-state index in [1.807, 2.05) is 0 Å². The summed E-state index contributed by atoms with van der Waals surface area (Å²) in [5.41, 5.74) is -1.78. The van der Waals surface area contributed by atoms with Crippen molar-refractivity contribution in [1.29, 1.82) is 0 Å². The molecule has 0 amide bonds. The zero-order valence-corrected chi connectivity index (χ0v) is 8.65. The van der Waals surface area contributed by atoms with E-state index in [0.29, 0.717) is 4.88 Å². The average molecular weight is 251 g/mol. The zero-order valence-electron chi connectivity index (χ0n) is 6.24. The van der Waals surface area contributed by atoms with Gasteiger partial charge in [0.05, 0.1) is 3.79 Å². The minimum atomic E-state index is -1.78. The Balaban J connectivity index is 3.05. The van der Waals surface area contributed by atoms with Crippen LogP contribution in [-0.4, -0.2) is 16.2 Å². The van der Waals surface area contributed by atoms with Gasteiger partial charge in [-0.3, -0.25) is 0 Å². The lowest BCUT2D eigenvalue weighted by atomic mass is 10.1. The van der Waals surface area contributed by atoms with Crippen molar-refractivity contribution >= 4 is 33.2 Å². The van der Waals surface area contributed by atoms with Crippen LogP contribution in [-0.2, 0) is 10.4 Å². The Morgan fingerprint density at radius 1 is 1.67 bits per heavy atom. The van der Waals surface area contributed by atoms with Crippen molar-refractivity contribution in [2.45, 2.75) is 12.5 Å². The minimum absolute atomic E-state index is 0.418. The lowest BCUT2D eigenvalue weighted by Crippen LogP contribution is -2.30. The second-order valence-corrected chi connectivity index (χ2v) is 4.94. The highest BCUT2D eigenvalue weighted by molar-refractivity contribution is 9.11. The van der Waals surface area contributed by atoms with Crippen LogP contribution < -0.4 is 0 Å². The number of halogens is 1. The number of hydrogen-bond donors (Lipinski definition) is 2. The van der Waals surface area contributed by atoms with Gasteiger partial charge in [0.15, 0.2) is 5.60 Å². The quantitative estimate of drug-likeness (QED) is 0.842. The molecule has 0 saturated heterocycles. The third-order valence-electron chi connectivity index (χ3n) is 1.47. The molecule has 0 unspecified atom stereocenters. The summed E-state index contributed by atoms with van der Waals surface area (Å²) < 4.78 is 0.805. The molecule has 0 radical (unpaired) electrons. The van der Waals surface area contributed by atoms with Crippen molar-refractivity contribution in [3.63, 3.8) is 0 Å². The first-order valence-electron chi connectivity index (χ1n) is 3.16. The predicted octanol–water partition coefficient (Wildman–Crippen LogP) is 1.80. The average Bonchev–Trinajstić information content (AvgIpc) is 2.35. The van der Waals surface area contributed by atoms with Gasteiger partial charge < -0.3 is 10.2 Å². The molecule has 0 spiro atoms. The molecule has 1 aromatic heterocycles. The molecule has 1 rings (SSSR count). The number of carboxylic acid groups (broad SMARTS) is 1. The zero-order chi connectivity index (χ0) is 9.35. The summed E-state index contributed by atoms with van der Waals surface area (Å²) in [5, 5.41) is 18.1. The molecule has 3 nitrogen and oxygen atoms in total. The fraction of sp³-hybridized carbons (Fsp3) is 0.286. The van der Waals surface area contributed by atoms with E-state index in [0.717, 1.165) is 3.79 Å². The van der Waals surface area contributed by atoms with Gasteiger partial charge in [0.25, 0.3) is 0 Å². The van der Waals surface area contributed by atoms with Gasteiger partial charge in [-0.1, -0.05) is 0 Å². The van der Waals surface area contributed by atoms with Gasteiger partial charge in [0, 0.05) is 4.88 Å². The number of carboxylic acids is 1. The van der Waals surface area contributed by atoms with Crippen molar-refractivity contribution in [1.82, 2.24) is 0 Å². The molecule has 0 aliphatic carbocycles. The highest BCUT2D eigenvalue weighted by Gasteiger charge is 2.33. The van der Waals surface area contributed by atoms with Crippen LogP contribution in [0, 0.1) is 0 Å². The van der Waals surface area contributed by atoms with E-state index in [1.165, 1.54) is 18.3 Å². The number of rotatable bonds is 2. The predicted molar refractivity (Wildman–Crippen MR) is 49.2 cm³/mol. The number of aliphatic carboxylic acids is 1. The van der Waals surface area contributed by atoms with Gasteiger partial charge in [0.2, 0.25) is 0 Å². The van der Waals surface area contributed by atoms with Crippen LogP contribution in [0.2, 0.25) is 0 Å². The Morgan fingerprint density at radius 2 is 2.25 bits per heavy atom. The van der Waals surface area contributed by atoms with Crippen LogP contribution in [0.25, 0.3) is 0 Å². The molecule has 1 heterocycles. The highest BCUT2D eigenvalue weighted by Crippen LogP contribution is 2.31. The fourth-order valence-electron chi connectivity index (χ4n) is 0.681. The molecule has 2 N–H and O–H groups in total. The SMILES string of the molecule is C[C@](O)(C(=O)O)c1ccc(Br)s1. The third-order valence-corrected chi connectivity index (χ3v) is 3.30. The van der Waals surface area contributed by atoms with Crippen LogP contribution in [0.1, 0.15) is 11.8 Å². The molecule has 0 bridgehead atoms. The smallest absolute Gasteiger partial charge is 0.340 e. The summed E-state index contributed by atoms with van der Waals surface area (Å²) in [7, 11) is 0. The standard InChI is InChI=1S/C7H7BrO3S/c1-7(11,6(9)10)4-2-3-5(8)12-4/h2-3,11H,1H3,(H,9,10)/t7-/m1/s1. The third kappa shape index (κ3) is 1.68. The fourth-order valence-corrected chi connectivity index (χ4v) is 2.10.